The first-order chi connectivity index (χ1) is 12.8. The topological polar surface area (TPSA) is 89.8 Å². The first-order valence-corrected chi connectivity index (χ1v) is 9.54. The van der Waals surface area contributed by atoms with Crippen molar-refractivity contribution in [3.8, 4) is 5.69 Å². The molecule has 0 saturated carbocycles. The van der Waals surface area contributed by atoms with Crippen LogP contribution in [0.15, 0.2) is 35.1 Å². The molecule has 1 amide bonds. The lowest BCUT2D eigenvalue weighted by atomic mass is 10.1. The summed E-state index contributed by atoms with van der Waals surface area (Å²) in [6, 6.07) is 8.43. The van der Waals surface area contributed by atoms with Crippen LogP contribution in [0, 0.1) is 12.8 Å². The fourth-order valence-electron chi connectivity index (χ4n) is 2.46. The van der Waals surface area contributed by atoms with Crippen LogP contribution in [-0.4, -0.2) is 25.9 Å². The van der Waals surface area contributed by atoms with Crippen molar-refractivity contribution in [2.45, 2.75) is 27.2 Å². The minimum atomic E-state index is -0.631. The summed E-state index contributed by atoms with van der Waals surface area (Å²) in [4.78, 5) is 24.9. The third-order valence-corrected chi connectivity index (χ3v) is 4.85. The van der Waals surface area contributed by atoms with Gasteiger partial charge in [0.1, 0.15) is 5.01 Å². The highest BCUT2D eigenvalue weighted by molar-refractivity contribution is 7.15. The molecule has 0 radical (unpaired) electrons. The average molecular weight is 404 g/mol. The zero-order valence-electron chi connectivity index (χ0n) is 15.1. The monoisotopic (exact) mass is 403 g/mol. The third kappa shape index (κ3) is 4.40. The lowest BCUT2D eigenvalue weighted by Gasteiger charge is -2.12. The summed E-state index contributed by atoms with van der Waals surface area (Å²) in [5.74, 6) is -0.198. The zero-order valence-corrected chi connectivity index (χ0v) is 16.6. The molecule has 9 heteroatoms. The van der Waals surface area contributed by atoms with Crippen molar-refractivity contribution in [1.82, 2.24) is 20.0 Å². The van der Waals surface area contributed by atoms with Crippen molar-refractivity contribution in [3.05, 3.63) is 62.0 Å². The van der Waals surface area contributed by atoms with E-state index < -0.39 is 11.3 Å². The van der Waals surface area contributed by atoms with Gasteiger partial charge >= 0.3 is 0 Å². The van der Waals surface area contributed by atoms with E-state index in [9.17, 15) is 9.59 Å². The molecule has 7 nitrogen and oxygen atoms in total. The Balaban J connectivity index is 1.91. The number of rotatable bonds is 5. The van der Waals surface area contributed by atoms with Gasteiger partial charge in [0, 0.05) is 18.2 Å². The Bertz CT molecular complexity index is 1040. The number of hydrogen-bond donors (Lipinski definition) is 1. The van der Waals surface area contributed by atoms with E-state index in [1.165, 1.54) is 22.1 Å². The molecule has 140 valence electrons. The Labute approximate surface area is 165 Å². The second kappa shape index (κ2) is 7.98. The number of nitrogens with one attached hydrogen (secondary N) is 1. The van der Waals surface area contributed by atoms with Crippen molar-refractivity contribution in [3.63, 3.8) is 0 Å². The van der Waals surface area contributed by atoms with Gasteiger partial charge in [0.2, 0.25) is 10.6 Å². The molecule has 0 aliphatic rings. The maximum atomic E-state index is 12.6. The number of anilines is 1. The number of nitrogens with zero attached hydrogens (tertiary/aromatic N) is 4. The zero-order chi connectivity index (χ0) is 19.6. The third-order valence-electron chi connectivity index (χ3n) is 3.67. The standard InChI is InChI=1S/C18H18ClN5O2S/c1-10(2)8-15-21-22-18(27-15)20-17(26)16-14(25)9-11(3)24(23-16)13-7-5-4-6-12(13)19/h4-7,9-10H,8H2,1-3H3,(H,20,22,26). The van der Waals surface area contributed by atoms with Gasteiger partial charge in [-0.05, 0) is 25.0 Å². The highest BCUT2D eigenvalue weighted by atomic mass is 35.5. The Morgan fingerprint density at radius 1 is 1.30 bits per heavy atom. The summed E-state index contributed by atoms with van der Waals surface area (Å²) in [6.07, 6.45) is 0.773. The number of hydrogen-bond acceptors (Lipinski definition) is 6. The Morgan fingerprint density at radius 2 is 2.04 bits per heavy atom. The Morgan fingerprint density at radius 3 is 2.74 bits per heavy atom. The van der Waals surface area contributed by atoms with Gasteiger partial charge in [0.05, 0.1) is 10.7 Å². The van der Waals surface area contributed by atoms with Crippen LogP contribution in [0.5, 0.6) is 0 Å². The van der Waals surface area contributed by atoms with E-state index in [1.54, 1.807) is 31.2 Å². The number of para-hydroxylation sites is 1. The molecule has 1 aromatic carbocycles. The molecular weight excluding hydrogens is 386 g/mol. The van der Waals surface area contributed by atoms with E-state index in [4.69, 9.17) is 11.6 Å². The second-order valence-corrected chi connectivity index (χ2v) is 7.88. The molecule has 0 aliphatic carbocycles. The van der Waals surface area contributed by atoms with Crippen LogP contribution in [-0.2, 0) is 6.42 Å². The van der Waals surface area contributed by atoms with Gasteiger partial charge in [-0.1, -0.05) is 48.9 Å². The number of aromatic nitrogens is 4. The van der Waals surface area contributed by atoms with Crippen LogP contribution in [0.3, 0.4) is 0 Å². The molecule has 3 aromatic rings. The molecule has 0 unspecified atom stereocenters. The van der Waals surface area contributed by atoms with Crippen LogP contribution >= 0.6 is 22.9 Å². The number of halogens is 1. The molecule has 0 spiro atoms. The Kier molecular flexibility index (Phi) is 5.67. The molecule has 0 atom stereocenters. The summed E-state index contributed by atoms with van der Waals surface area (Å²) < 4.78 is 1.48. The van der Waals surface area contributed by atoms with E-state index in [-0.39, 0.29) is 5.69 Å². The number of carbonyl (C=O) groups excluding carboxylic acids is 1. The second-order valence-electron chi connectivity index (χ2n) is 6.41. The summed E-state index contributed by atoms with van der Waals surface area (Å²) in [6.45, 7) is 5.88. The van der Waals surface area contributed by atoms with Crippen molar-refractivity contribution in [1.29, 1.82) is 0 Å². The van der Waals surface area contributed by atoms with Crippen LogP contribution in [0.4, 0.5) is 5.13 Å². The van der Waals surface area contributed by atoms with Crippen molar-refractivity contribution in [2.24, 2.45) is 5.92 Å². The number of amides is 1. The van der Waals surface area contributed by atoms with Gasteiger partial charge in [-0.3, -0.25) is 14.9 Å². The minimum absolute atomic E-state index is 0.235. The summed E-state index contributed by atoms with van der Waals surface area (Å²) >= 11 is 7.50. The van der Waals surface area contributed by atoms with E-state index in [1.807, 2.05) is 0 Å². The molecule has 0 saturated heterocycles. The molecule has 27 heavy (non-hydrogen) atoms. The normalized spacial score (nSPS) is 11.0. The lowest BCUT2D eigenvalue weighted by molar-refractivity contribution is 0.101. The van der Waals surface area contributed by atoms with E-state index in [2.05, 4.69) is 34.5 Å². The van der Waals surface area contributed by atoms with Gasteiger partial charge in [-0.15, -0.1) is 10.2 Å². The van der Waals surface area contributed by atoms with E-state index in [0.717, 1.165) is 11.4 Å². The summed E-state index contributed by atoms with van der Waals surface area (Å²) in [5, 5.41) is 16.4. The summed E-state index contributed by atoms with van der Waals surface area (Å²) in [7, 11) is 0. The van der Waals surface area contributed by atoms with Crippen LogP contribution in [0.1, 0.15) is 35.0 Å². The van der Waals surface area contributed by atoms with Gasteiger partial charge in [-0.2, -0.15) is 5.10 Å². The predicted octanol–water partition coefficient (Wildman–Crippen LogP) is 3.50. The molecule has 1 N–H and O–H groups in total. The van der Waals surface area contributed by atoms with Crippen LogP contribution in [0.2, 0.25) is 5.02 Å². The predicted molar refractivity (Wildman–Crippen MR) is 106 cm³/mol. The molecular formula is C18H18ClN5O2S. The van der Waals surface area contributed by atoms with E-state index in [0.29, 0.717) is 27.5 Å². The fourth-order valence-corrected chi connectivity index (χ4v) is 3.63. The van der Waals surface area contributed by atoms with E-state index >= 15 is 0 Å². The maximum Gasteiger partial charge on any atom is 0.282 e. The van der Waals surface area contributed by atoms with Gasteiger partial charge in [0.15, 0.2) is 5.69 Å². The van der Waals surface area contributed by atoms with Crippen molar-refractivity contribution >= 4 is 34.0 Å². The summed E-state index contributed by atoms with van der Waals surface area (Å²) in [5.41, 5.74) is 0.446. The molecule has 3 rings (SSSR count). The molecule has 0 bridgehead atoms. The molecule has 2 heterocycles. The SMILES string of the molecule is Cc1cc(=O)c(C(=O)Nc2nnc(CC(C)C)s2)nn1-c1ccccc1Cl. The van der Waals surface area contributed by atoms with Crippen LogP contribution < -0.4 is 10.7 Å². The number of benzene rings is 1. The highest BCUT2D eigenvalue weighted by Gasteiger charge is 2.18. The molecule has 0 fully saturated rings. The number of carbonyl (C=O) groups is 1. The quantitative estimate of drug-likeness (QED) is 0.704. The first-order valence-electron chi connectivity index (χ1n) is 8.34. The first kappa shape index (κ1) is 19.2. The molecule has 0 aliphatic heterocycles. The Hall–Kier alpha value is -2.58. The van der Waals surface area contributed by atoms with Crippen molar-refractivity contribution in [2.75, 3.05) is 5.32 Å². The van der Waals surface area contributed by atoms with Gasteiger partial charge in [-0.25, -0.2) is 4.68 Å². The average Bonchev–Trinajstić information content (AvgIpc) is 3.02. The minimum Gasteiger partial charge on any atom is -0.295 e. The fraction of sp³-hybridized carbons (Fsp3) is 0.278. The maximum absolute atomic E-state index is 12.6. The van der Waals surface area contributed by atoms with Gasteiger partial charge < -0.3 is 0 Å². The van der Waals surface area contributed by atoms with Crippen LogP contribution in [0.25, 0.3) is 5.69 Å². The lowest BCUT2D eigenvalue weighted by Crippen LogP contribution is -2.27. The highest BCUT2D eigenvalue weighted by Crippen LogP contribution is 2.21. The van der Waals surface area contributed by atoms with Gasteiger partial charge in [0.25, 0.3) is 5.91 Å². The number of aryl methyl sites for hydroxylation is 1. The smallest absolute Gasteiger partial charge is 0.282 e. The van der Waals surface area contributed by atoms with Crippen molar-refractivity contribution < 1.29 is 4.79 Å². The molecule has 2 aromatic heterocycles. The largest absolute Gasteiger partial charge is 0.295 e.